The highest BCUT2D eigenvalue weighted by molar-refractivity contribution is 5.72. The summed E-state index contributed by atoms with van der Waals surface area (Å²) in [6.45, 7) is 1.95. The Morgan fingerprint density at radius 1 is 1.14 bits per heavy atom. The number of esters is 1. The molecule has 9 nitrogen and oxygen atoms in total. The van der Waals surface area contributed by atoms with Gasteiger partial charge in [0.25, 0.3) is 0 Å². The Kier molecular flexibility index (Phi) is 5.34. The molecule has 5 unspecified atom stereocenters. The van der Waals surface area contributed by atoms with Gasteiger partial charge in [-0.3, -0.25) is 9.79 Å². The van der Waals surface area contributed by atoms with Crippen molar-refractivity contribution in [3.8, 4) is 0 Å². The molecule has 5 fully saturated rings. The van der Waals surface area contributed by atoms with Crippen LogP contribution in [0.3, 0.4) is 0 Å². The van der Waals surface area contributed by atoms with Crippen LogP contribution >= 0.6 is 0 Å². The summed E-state index contributed by atoms with van der Waals surface area (Å²) in [5.74, 6) is -0.563. The molecule has 1 aliphatic heterocycles. The van der Waals surface area contributed by atoms with E-state index in [9.17, 15) is 9.90 Å². The summed E-state index contributed by atoms with van der Waals surface area (Å²) in [7, 11) is 8.51. The summed E-state index contributed by atoms with van der Waals surface area (Å²) in [6, 6.07) is -0.464. The van der Waals surface area contributed by atoms with Gasteiger partial charge in [0, 0.05) is 83.7 Å². The number of rotatable bonds is 7. The van der Waals surface area contributed by atoms with Crippen LogP contribution < -0.4 is 0 Å². The SMILES string of the molecule is COC[C@]12C=N[C@H]3[C@@]4(C5C[C@H]6C(OC(C)=O)C5[C@](OC)(C[C@@H]6OC)[C@@]3(O)C(OC)C14)[C@@H](OC)CC2. The maximum atomic E-state index is 13.1. The van der Waals surface area contributed by atoms with Crippen LogP contribution in [-0.4, -0.2) is 101 Å². The first-order valence-electron chi connectivity index (χ1n) is 12.8. The molecule has 35 heavy (non-hydrogen) atoms. The Balaban J connectivity index is 1.66. The second-order valence-electron chi connectivity index (χ2n) is 11.7. The lowest BCUT2D eigenvalue weighted by Crippen LogP contribution is -2.78. The third kappa shape index (κ3) is 2.42. The Morgan fingerprint density at radius 2 is 1.91 bits per heavy atom. The average Bonchev–Trinajstić information content (AvgIpc) is 3.18. The Labute approximate surface area is 206 Å². The third-order valence-electron chi connectivity index (χ3n) is 11.2. The van der Waals surface area contributed by atoms with Crippen LogP contribution in [0.25, 0.3) is 0 Å². The van der Waals surface area contributed by atoms with Crippen LogP contribution in [-0.2, 0) is 33.2 Å². The van der Waals surface area contributed by atoms with Crippen LogP contribution in [0.4, 0.5) is 0 Å². The van der Waals surface area contributed by atoms with Crippen LogP contribution in [0.15, 0.2) is 4.99 Å². The largest absolute Gasteiger partial charge is 0.462 e. The number of aliphatic hydroxyl groups is 1. The second-order valence-corrected chi connectivity index (χ2v) is 11.7. The lowest BCUT2D eigenvalue weighted by Gasteiger charge is -2.66. The van der Waals surface area contributed by atoms with E-state index in [-0.39, 0.29) is 47.3 Å². The van der Waals surface area contributed by atoms with Gasteiger partial charge in [0.2, 0.25) is 0 Å². The zero-order chi connectivity index (χ0) is 25.0. The van der Waals surface area contributed by atoms with E-state index in [4.69, 9.17) is 33.4 Å². The highest BCUT2D eigenvalue weighted by atomic mass is 16.6. The minimum Gasteiger partial charge on any atom is -0.462 e. The van der Waals surface area contributed by atoms with Gasteiger partial charge < -0.3 is 33.5 Å². The van der Waals surface area contributed by atoms with Crippen molar-refractivity contribution >= 4 is 12.2 Å². The molecule has 9 heteroatoms. The molecule has 5 aliphatic carbocycles. The molecule has 7 bridgehead atoms. The summed E-state index contributed by atoms with van der Waals surface area (Å²) in [5, 5.41) is 13.1. The fraction of sp³-hybridized carbons (Fsp3) is 0.923. The predicted octanol–water partition coefficient (Wildman–Crippen LogP) is 1.24. The molecule has 5 saturated carbocycles. The second kappa shape index (κ2) is 7.71. The van der Waals surface area contributed by atoms with Gasteiger partial charge in [-0.25, -0.2) is 0 Å². The lowest BCUT2D eigenvalue weighted by atomic mass is 9.44. The minimum atomic E-state index is -1.46. The van der Waals surface area contributed by atoms with Gasteiger partial charge in [-0.1, -0.05) is 0 Å². The van der Waals surface area contributed by atoms with Crippen molar-refractivity contribution in [2.24, 2.45) is 39.5 Å². The number of carbonyl (C=O) groups excluding carboxylic acids is 1. The minimum absolute atomic E-state index is 0.0152. The van der Waals surface area contributed by atoms with Crippen molar-refractivity contribution in [1.29, 1.82) is 0 Å². The van der Waals surface area contributed by atoms with Crippen molar-refractivity contribution in [1.82, 2.24) is 0 Å². The highest BCUT2D eigenvalue weighted by Crippen LogP contribution is 2.80. The van der Waals surface area contributed by atoms with Crippen molar-refractivity contribution in [2.45, 2.75) is 74.3 Å². The molecule has 196 valence electrons. The van der Waals surface area contributed by atoms with Gasteiger partial charge in [-0.05, 0) is 25.2 Å². The van der Waals surface area contributed by atoms with Gasteiger partial charge in [-0.15, -0.1) is 0 Å². The van der Waals surface area contributed by atoms with Crippen LogP contribution in [0, 0.1) is 34.5 Å². The molecule has 6 rings (SSSR count). The van der Waals surface area contributed by atoms with E-state index in [0.29, 0.717) is 13.0 Å². The van der Waals surface area contributed by atoms with E-state index < -0.39 is 34.9 Å². The lowest BCUT2D eigenvalue weighted by molar-refractivity contribution is -0.301. The quantitative estimate of drug-likeness (QED) is 0.529. The summed E-state index contributed by atoms with van der Waals surface area (Å²) in [4.78, 5) is 17.5. The Bertz CT molecular complexity index is 929. The van der Waals surface area contributed by atoms with E-state index in [1.54, 1.807) is 35.5 Å². The van der Waals surface area contributed by atoms with Crippen molar-refractivity contribution in [2.75, 3.05) is 42.2 Å². The number of carbonyl (C=O) groups is 1. The summed E-state index contributed by atoms with van der Waals surface area (Å²) in [5.41, 5.74) is -3.40. The number of hydrogen-bond donors (Lipinski definition) is 1. The molecule has 0 aromatic heterocycles. The number of aliphatic imine (C=N–C) groups is 1. The number of hydrogen-bond acceptors (Lipinski definition) is 9. The van der Waals surface area contributed by atoms with Crippen LogP contribution in [0.5, 0.6) is 0 Å². The average molecular weight is 494 g/mol. The zero-order valence-electron chi connectivity index (χ0n) is 21.6. The van der Waals surface area contributed by atoms with Crippen molar-refractivity contribution < 1.29 is 38.3 Å². The molecule has 1 N–H and O–H groups in total. The van der Waals surface area contributed by atoms with Gasteiger partial charge >= 0.3 is 5.97 Å². The fourth-order valence-electron chi connectivity index (χ4n) is 10.6. The number of methoxy groups -OCH3 is 5. The van der Waals surface area contributed by atoms with E-state index in [0.717, 1.165) is 19.3 Å². The van der Waals surface area contributed by atoms with Crippen molar-refractivity contribution in [3.63, 3.8) is 0 Å². The van der Waals surface area contributed by atoms with Gasteiger partial charge in [0.15, 0.2) is 0 Å². The molecule has 1 spiro atoms. The molecule has 13 atom stereocenters. The van der Waals surface area contributed by atoms with Crippen LogP contribution in [0.1, 0.15) is 32.6 Å². The summed E-state index contributed by atoms with van der Waals surface area (Å²) < 4.78 is 36.9. The number of nitrogens with zero attached hydrogens (tertiary/aromatic N) is 1. The number of ether oxygens (including phenoxy) is 6. The maximum absolute atomic E-state index is 13.1. The first-order valence-corrected chi connectivity index (χ1v) is 12.8. The fourth-order valence-corrected chi connectivity index (χ4v) is 10.6. The smallest absolute Gasteiger partial charge is 0.302 e. The highest BCUT2D eigenvalue weighted by Gasteiger charge is 2.91. The van der Waals surface area contributed by atoms with E-state index in [1.165, 1.54) is 6.92 Å². The Hall–Kier alpha value is -1.10. The van der Waals surface area contributed by atoms with E-state index >= 15 is 0 Å². The molecular formula is C26H39NO8. The molecule has 0 aromatic rings. The van der Waals surface area contributed by atoms with E-state index in [2.05, 4.69) is 0 Å². The monoisotopic (exact) mass is 493 g/mol. The number of fused-ring (bicyclic) bond motifs is 2. The molecular weight excluding hydrogens is 454 g/mol. The van der Waals surface area contributed by atoms with Gasteiger partial charge in [-0.2, -0.15) is 0 Å². The van der Waals surface area contributed by atoms with Crippen molar-refractivity contribution in [3.05, 3.63) is 0 Å². The molecule has 6 aliphatic rings. The topological polar surface area (TPSA) is 105 Å². The van der Waals surface area contributed by atoms with Gasteiger partial charge in [0.1, 0.15) is 17.3 Å². The predicted molar refractivity (Wildman–Crippen MR) is 124 cm³/mol. The zero-order valence-corrected chi connectivity index (χ0v) is 21.6. The molecule has 0 amide bonds. The maximum Gasteiger partial charge on any atom is 0.302 e. The van der Waals surface area contributed by atoms with E-state index in [1.807, 2.05) is 6.21 Å². The normalized spacial score (nSPS) is 56.8. The molecule has 0 saturated heterocycles. The van der Waals surface area contributed by atoms with Crippen LogP contribution in [0.2, 0.25) is 0 Å². The van der Waals surface area contributed by atoms with Gasteiger partial charge in [0.05, 0.1) is 31.0 Å². The Morgan fingerprint density at radius 3 is 2.51 bits per heavy atom. The molecule has 0 aromatic carbocycles. The molecule has 0 radical (unpaired) electrons. The first-order chi connectivity index (χ1) is 16.8. The molecule has 1 heterocycles. The first kappa shape index (κ1) is 24.2. The summed E-state index contributed by atoms with van der Waals surface area (Å²) in [6.07, 6.45) is 3.69. The third-order valence-corrected chi connectivity index (χ3v) is 11.2. The standard InChI is InChI=1S/C26H39NO8/c1-13(28)35-19-14-9-15-18(19)24(34-6,10-16(14)31-3)26(29)21(33-5)20-23(12-30-2)8-7-17(32-4)25(15,20)22(26)27-11-23/h11,14-22,29H,7-10,12H2,1-6H3/t14-,15?,16+,17+,18?,19?,20?,21?,22+,23+,24-,25+,26-/m1/s1. The summed E-state index contributed by atoms with van der Waals surface area (Å²) >= 11 is 0.